The molecule has 5 heteroatoms. The number of allylic oxidation sites excluding steroid dienone is 2. The number of aliphatic hydroxyl groups excluding tert-OH is 1. The fourth-order valence-corrected chi connectivity index (χ4v) is 12.1. The van der Waals surface area contributed by atoms with Crippen LogP contribution in [0.5, 0.6) is 5.75 Å². The molecule has 9 atom stereocenters. The van der Waals surface area contributed by atoms with Crippen LogP contribution in [0.4, 0.5) is 4.39 Å². The zero-order chi connectivity index (χ0) is 29.6. The van der Waals surface area contributed by atoms with Crippen molar-refractivity contribution in [1.29, 1.82) is 0 Å². The van der Waals surface area contributed by atoms with E-state index in [1.165, 1.54) is 37.3 Å². The van der Waals surface area contributed by atoms with Crippen LogP contribution in [0, 0.1) is 57.1 Å². The summed E-state index contributed by atoms with van der Waals surface area (Å²) in [4.78, 5) is 10.8. The Morgan fingerprint density at radius 3 is 2.49 bits per heavy atom. The van der Waals surface area contributed by atoms with E-state index in [2.05, 4.69) is 47.3 Å². The second kappa shape index (κ2) is 9.51. The average molecular weight is 564 g/mol. The molecular weight excluding hydrogens is 513 g/mol. The van der Waals surface area contributed by atoms with Crippen molar-refractivity contribution in [2.24, 2.45) is 57.0 Å². The Balaban J connectivity index is 1.35. The number of aliphatic hydroxyl groups is 1. The van der Waals surface area contributed by atoms with Gasteiger partial charge in [-0.3, -0.25) is 4.79 Å². The van der Waals surface area contributed by atoms with Gasteiger partial charge in [-0.05, 0) is 138 Å². The molecule has 6 rings (SSSR count). The second-order valence-corrected chi connectivity index (χ2v) is 15.8. The van der Waals surface area contributed by atoms with Gasteiger partial charge in [0, 0.05) is 5.54 Å². The van der Waals surface area contributed by atoms with Crippen LogP contribution < -0.4 is 10.5 Å². The number of benzene rings is 1. The molecule has 0 aromatic heterocycles. The minimum Gasteiger partial charge on any atom is -0.426 e. The van der Waals surface area contributed by atoms with Crippen molar-refractivity contribution in [2.75, 3.05) is 6.61 Å². The first-order valence-electron chi connectivity index (χ1n) is 15.9. The van der Waals surface area contributed by atoms with Gasteiger partial charge >= 0.3 is 0 Å². The molecule has 5 aliphatic rings. The zero-order valence-corrected chi connectivity index (χ0v) is 25.8. The van der Waals surface area contributed by atoms with E-state index in [4.69, 9.17) is 10.5 Å². The van der Waals surface area contributed by atoms with Gasteiger partial charge < -0.3 is 15.6 Å². The summed E-state index contributed by atoms with van der Waals surface area (Å²) in [5.74, 6) is 1.90. The summed E-state index contributed by atoms with van der Waals surface area (Å²) in [5.41, 5.74) is 10.7. The van der Waals surface area contributed by atoms with Crippen LogP contribution in [0.2, 0.25) is 0 Å². The minimum atomic E-state index is -0.496. The third-order valence-electron chi connectivity index (χ3n) is 14.2. The fraction of sp³-hybridized carbons (Fsp3) is 0.694. The Kier molecular flexibility index (Phi) is 6.75. The van der Waals surface area contributed by atoms with Gasteiger partial charge in [-0.15, -0.1) is 0 Å². The van der Waals surface area contributed by atoms with Crippen molar-refractivity contribution in [3.05, 3.63) is 47.8 Å². The summed E-state index contributed by atoms with van der Waals surface area (Å²) < 4.78 is 19.6. The summed E-state index contributed by atoms with van der Waals surface area (Å²) in [6.07, 6.45) is 12.6. The predicted octanol–water partition coefficient (Wildman–Crippen LogP) is 7.70. The number of hydrogen-bond donors (Lipinski definition) is 2. The maximum atomic E-state index is 14.8. The summed E-state index contributed by atoms with van der Waals surface area (Å²) in [5, 5.41) is 10.0. The highest BCUT2D eigenvalue weighted by Gasteiger charge is 2.70. The lowest BCUT2D eigenvalue weighted by molar-refractivity contribution is -0.217. The predicted molar refractivity (Wildman–Crippen MR) is 161 cm³/mol. The van der Waals surface area contributed by atoms with Crippen LogP contribution in [0.25, 0.3) is 5.57 Å². The average Bonchev–Trinajstić information content (AvgIpc) is 3.27. The Morgan fingerprint density at radius 1 is 1.05 bits per heavy atom. The summed E-state index contributed by atoms with van der Waals surface area (Å²) in [7, 11) is 0. The highest BCUT2D eigenvalue weighted by atomic mass is 19.1. The maximum Gasteiger partial charge on any atom is 0.298 e. The molecule has 0 spiro atoms. The zero-order valence-electron chi connectivity index (χ0n) is 25.8. The van der Waals surface area contributed by atoms with Gasteiger partial charge in [0.15, 0.2) is 11.6 Å². The van der Waals surface area contributed by atoms with Crippen LogP contribution in [0.15, 0.2) is 36.4 Å². The van der Waals surface area contributed by atoms with E-state index in [-0.39, 0.29) is 46.0 Å². The van der Waals surface area contributed by atoms with Gasteiger partial charge in [0.05, 0.1) is 6.61 Å². The molecule has 224 valence electrons. The van der Waals surface area contributed by atoms with Crippen molar-refractivity contribution in [3.8, 4) is 5.75 Å². The smallest absolute Gasteiger partial charge is 0.298 e. The van der Waals surface area contributed by atoms with Gasteiger partial charge in [0.1, 0.15) is 0 Å². The Bertz CT molecular complexity index is 1290. The van der Waals surface area contributed by atoms with Gasteiger partial charge in [-0.25, -0.2) is 4.39 Å². The molecule has 5 aliphatic carbocycles. The number of rotatable bonds is 5. The minimum absolute atomic E-state index is 0.0257. The van der Waals surface area contributed by atoms with Gasteiger partial charge in [0.25, 0.3) is 6.47 Å². The Morgan fingerprint density at radius 2 is 1.80 bits per heavy atom. The molecule has 0 amide bonds. The first kappa shape index (κ1) is 29.1. The molecule has 4 fully saturated rings. The normalized spacial score (nSPS) is 44.5. The standard InChI is InChI=1S/C36H50FNO3/c1-22(20-39)24-11-16-36(38)18-17-34(5)26(31(24)36)8-10-30-33(4)14-12-25(23-7-9-28(41-21-40)27(37)19-23)32(2,3)29(33)13-15-35(30,34)6/h7,9,12,19,21,24,26,29-31,39H,1,8,10-11,13-18,20,38H2,2-6H3/t24-,26+,29-,30+,31+,33-,34+,35+,36-/m0/s1. The largest absolute Gasteiger partial charge is 0.426 e. The number of carbonyl (C=O) groups is 1. The van der Waals surface area contributed by atoms with E-state index in [0.717, 1.165) is 43.2 Å². The molecule has 4 nitrogen and oxygen atoms in total. The van der Waals surface area contributed by atoms with E-state index >= 15 is 0 Å². The topological polar surface area (TPSA) is 72.6 Å². The van der Waals surface area contributed by atoms with Gasteiger partial charge in [-0.2, -0.15) is 0 Å². The molecule has 1 aromatic rings. The first-order valence-corrected chi connectivity index (χ1v) is 15.9. The fourth-order valence-electron chi connectivity index (χ4n) is 12.1. The third kappa shape index (κ3) is 3.86. The van der Waals surface area contributed by atoms with Crippen LogP contribution in [0.1, 0.15) is 98.0 Å². The Hall–Kier alpha value is -1.98. The SMILES string of the molecule is C=C(CO)[C@@H]1CC[C@]2(N)CC[C@]3(C)[C@H](CC[C@@H]4[C@@]5(C)CC=C(c6ccc(OC=O)c(F)c6)C(C)(C)[C@@H]5CC[C@]43C)[C@@H]12. The summed E-state index contributed by atoms with van der Waals surface area (Å²) in [6, 6.07) is 5.01. The van der Waals surface area contributed by atoms with E-state index < -0.39 is 5.82 Å². The lowest BCUT2D eigenvalue weighted by Crippen LogP contribution is -2.67. The molecule has 4 saturated carbocycles. The number of nitrogens with two attached hydrogens (primary N) is 1. The summed E-state index contributed by atoms with van der Waals surface area (Å²) in [6.45, 7) is 17.2. The van der Waals surface area contributed by atoms with Crippen LogP contribution >= 0.6 is 0 Å². The lowest BCUT2D eigenvalue weighted by Gasteiger charge is -2.72. The van der Waals surface area contributed by atoms with Crippen molar-refractivity contribution >= 4 is 12.0 Å². The Labute approximate surface area is 246 Å². The van der Waals surface area contributed by atoms with Crippen molar-refractivity contribution in [3.63, 3.8) is 0 Å². The quantitative estimate of drug-likeness (QED) is 0.284. The molecule has 0 saturated heterocycles. The molecule has 0 heterocycles. The first-order chi connectivity index (χ1) is 19.3. The molecule has 41 heavy (non-hydrogen) atoms. The van der Waals surface area contributed by atoms with E-state index in [9.17, 15) is 14.3 Å². The van der Waals surface area contributed by atoms with E-state index in [0.29, 0.717) is 29.6 Å². The third-order valence-corrected chi connectivity index (χ3v) is 14.2. The monoisotopic (exact) mass is 563 g/mol. The highest BCUT2D eigenvalue weighted by Crippen LogP contribution is 2.76. The van der Waals surface area contributed by atoms with Crippen LogP contribution in [0.3, 0.4) is 0 Å². The number of carbonyl (C=O) groups excluding carboxylic acids is 1. The molecule has 1 aromatic carbocycles. The second-order valence-electron chi connectivity index (χ2n) is 15.8. The lowest BCUT2D eigenvalue weighted by atomic mass is 9.33. The highest BCUT2D eigenvalue weighted by molar-refractivity contribution is 5.72. The van der Waals surface area contributed by atoms with E-state index in [1.807, 2.05) is 6.07 Å². The van der Waals surface area contributed by atoms with Crippen LogP contribution in [-0.2, 0) is 4.79 Å². The maximum absolute atomic E-state index is 14.8. The molecular formula is C36H50FNO3. The number of halogens is 1. The molecule has 0 unspecified atom stereocenters. The number of fused-ring (bicyclic) bond motifs is 7. The van der Waals surface area contributed by atoms with E-state index in [1.54, 1.807) is 6.07 Å². The van der Waals surface area contributed by atoms with Crippen molar-refractivity contribution in [2.45, 2.75) is 97.9 Å². The number of hydrogen-bond acceptors (Lipinski definition) is 4. The molecule has 3 N–H and O–H groups in total. The van der Waals surface area contributed by atoms with Gasteiger partial charge in [0.2, 0.25) is 0 Å². The molecule has 0 aliphatic heterocycles. The number of ether oxygens (including phenoxy) is 1. The van der Waals surface area contributed by atoms with Crippen LogP contribution in [-0.4, -0.2) is 23.7 Å². The van der Waals surface area contributed by atoms with Gasteiger partial charge in [-0.1, -0.05) is 53.3 Å². The molecule has 0 radical (unpaired) electrons. The van der Waals surface area contributed by atoms with Crippen molar-refractivity contribution < 1.29 is 19.0 Å². The summed E-state index contributed by atoms with van der Waals surface area (Å²) >= 11 is 0. The molecule has 0 bridgehead atoms. The van der Waals surface area contributed by atoms with Crippen molar-refractivity contribution in [1.82, 2.24) is 0 Å².